The molecule has 2 atom stereocenters. The van der Waals surface area contributed by atoms with Crippen LogP contribution in [-0.2, 0) is 15.9 Å². The van der Waals surface area contributed by atoms with E-state index < -0.39 is 6.09 Å². The molecule has 162 valence electrons. The molecule has 0 saturated carbocycles. The van der Waals surface area contributed by atoms with E-state index in [1.54, 1.807) is 7.11 Å². The molecule has 0 aliphatic carbocycles. The zero-order valence-corrected chi connectivity index (χ0v) is 17.6. The lowest BCUT2D eigenvalue weighted by molar-refractivity contribution is 0.122. The van der Waals surface area contributed by atoms with Gasteiger partial charge >= 0.3 is 6.09 Å². The minimum atomic E-state index is -0.959. The van der Waals surface area contributed by atoms with Crippen molar-refractivity contribution >= 4 is 22.7 Å². The Morgan fingerprint density at radius 3 is 2.61 bits per heavy atom. The number of para-hydroxylation sites is 1. The van der Waals surface area contributed by atoms with Gasteiger partial charge in [-0.25, -0.2) is 9.36 Å². The monoisotopic (exact) mass is 421 g/mol. The number of anilines is 1. The summed E-state index contributed by atoms with van der Waals surface area (Å²) in [6.45, 7) is 3.82. The van der Waals surface area contributed by atoms with Crippen LogP contribution in [0, 0.1) is 0 Å². The number of fused-ring (bicyclic) bond motifs is 3. The van der Waals surface area contributed by atoms with E-state index in [4.69, 9.17) is 9.47 Å². The Hall–Kier alpha value is -2.87. The fraction of sp³-hybridized carbons (Fsp3) is 0.375. The van der Waals surface area contributed by atoms with Gasteiger partial charge in [0, 0.05) is 37.3 Å². The van der Waals surface area contributed by atoms with Gasteiger partial charge in [-0.2, -0.15) is 0 Å². The molecule has 1 fully saturated rings. The number of hydrogen-bond acceptors (Lipinski definition) is 5. The van der Waals surface area contributed by atoms with Gasteiger partial charge in [-0.15, -0.1) is 0 Å². The molecule has 0 amide bonds. The number of carboxylic acid groups (broad SMARTS) is 1. The Bertz CT molecular complexity index is 1090. The first kappa shape index (κ1) is 20.1. The molecule has 3 aromatic rings. The van der Waals surface area contributed by atoms with Crippen molar-refractivity contribution in [3.63, 3.8) is 0 Å². The second-order valence-electron chi connectivity index (χ2n) is 8.15. The summed E-state index contributed by atoms with van der Waals surface area (Å²) < 4.78 is 12.3. The Kier molecular flexibility index (Phi) is 5.40. The van der Waals surface area contributed by atoms with E-state index in [-0.39, 0.29) is 12.1 Å². The number of morpholine rings is 1. The van der Waals surface area contributed by atoms with E-state index in [0.29, 0.717) is 6.61 Å². The van der Waals surface area contributed by atoms with Crippen LogP contribution in [0.25, 0.3) is 10.9 Å². The lowest BCUT2D eigenvalue weighted by Crippen LogP contribution is -2.43. The third kappa shape index (κ3) is 3.59. The van der Waals surface area contributed by atoms with Crippen molar-refractivity contribution in [1.82, 2.24) is 9.88 Å². The molecule has 7 heteroatoms. The predicted molar refractivity (Wildman–Crippen MR) is 119 cm³/mol. The van der Waals surface area contributed by atoms with Gasteiger partial charge in [0.15, 0.2) is 0 Å². The van der Waals surface area contributed by atoms with Gasteiger partial charge in [0.2, 0.25) is 0 Å². The van der Waals surface area contributed by atoms with Gasteiger partial charge in [-0.1, -0.05) is 30.3 Å². The highest BCUT2D eigenvalue weighted by Crippen LogP contribution is 2.38. The molecule has 2 aromatic carbocycles. The maximum absolute atomic E-state index is 12.3. The molecule has 31 heavy (non-hydrogen) atoms. The van der Waals surface area contributed by atoms with E-state index in [9.17, 15) is 9.90 Å². The summed E-state index contributed by atoms with van der Waals surface area (Å²) in [5.74, 6) is 0. The molecule has 0 radical (unpaired) electrons. The van der Waals surface area contributed by atoms with Crippen molar-refractivity contribution in [2.75, 3.05) is 44.9 Å². The number of aromatic nitrogens is 1. The van der Waals surface area contributed by atoms with Crippen LogP contribution in [0.2, 0.25) is 0 Å². The van der Waals surface area contributed by atoms with Gasteiger partial charge in [0.05, 0.1) is 37.1 Å². The minimum absolute atomic E-state index is 0.106. The number of nitrogens with one attached hydrogen (secondary N) is 1. The molecule has 0 bridgehead atoms. The fourth-order valence-corrected chi connectivity index (χ4v) is 4.93. The average molecular weight is 421 g/mol. The molecular formula is C24H27N3O4. The molecule has 2 N–H and O–H groups in total. The number of carbonyl (C=O) groups is 1. The maximum Gasteiger partial charge on any atom is 0.416 e. The highest BCUT2D eigenvalue weighted by atomic mass is 16.5. The highest BCUT2D eigenvalue weighted by molar-refractivity contribution is 5.93. The summed E-state index contributed by atoms with van der Waals surface area (Å²) in [6.07, 6.45) is -0.230. The molecule has 1 saturated heterocycles. The fourth-order valence-electron chi connectivity index (χ4n) is 4.93. The molecule has 1 aromatic heterocycles. The topological polar surface area (TPSA) is 76.0 Å². The quantitative estimate of drug-likeness (QED) is 0.674. The average Bonchev–Trinajstić information content (AvgIpc) is 3.14. The van der Waals surface area contributed by atoms with Crippen LogP contribution in [0.3, 0.4) is 0 Å². The molecule has 5 rings (SSSR count). The molecule has 0 spiro atoms. The van der Waals surface area contributed by atoms with Crippen LogP contribution in [-0.4, -0.2) is 61.8 Å². The van der Waals surface area contributed by atoms with E-state index in [2.05, 4.69) is 34.5 Å². The van der Waals surface area contributed by atoms with Gasteiger partial charge in [0.25, 0.3) is 0 Å². The Morgan fingerprint density at radius 1 is 1.16 bits per heavy atom. The first-order valence-electron chi connectivity index (χ1n) is 10.7. The third-order valence-electron chi connectivity index (χ3n) is 6.31. The highest BCUT2D eigenvalue weighted by Gasteiger charge is 2.34. The van der Waals surface area contributed by atoms with Gasteiger partial charge in [-0.05, 0) is 35.7 Å². The third-order valence-corrected chi connectivity index (χ3v) is 6.31. The van der Waals surface area contributed by atoms with Gasteiger partial charge < -0.3 is 19.5 Å². The molecule has 3 heterocycles. The van der Waals surface area contributed by atoms with Crippen LogP contribution < -0.4 is 10.2 Å². The van der Waals surface area contributed by atoms with Crippen LogP contribution in [0.5, 0.6) is 0 Å². The lowest BCUT2D eigenvalue weighted by atomic mass is 9.90. The molecule has 2 aliphatic heterocycles. The maximum atomic E-state index is 12.3. The van der Waals surface area contributed by atoms with Crippen molar-refractivity contribution in [2.24, 2.45) is 0 Å². The van der Waals surface area contributed by atoms with Crippen LogP contribution in [0.4, 0.5) is 10.5 Å². The van der Waals surface area contributed by atoms with Crippen molar-refractivity contribution in [3.8, 4) is 0 Å². The van der Waals surface area contributed by atoms with E-state index >= 15 is 0 Å². The van der Waals surface area contributed by atoms with E-state index in [1.165, 1.54) is 4.57 Å². The Morgan fingerprint density at radius 2 is 1.90 bits per heavy atom. The van der Waals surface area contributed by atoms with E-state index in [1.807, 2.05) is 24.3 Å². The Balaban J connectivity index is 1.59. The summed E-state index contributed by atoms with van der Waals surface area (Å²) in [5, 5.41) is 14.7. The second-order valence-corrected chi connectivity index (χ2v) is 8.15. The lowest BCUT2D eigenvalue weighted by Gasteiger charge is -2.33. The summed E-state index contributed by atoms with van der Waals surface area (Å²) in [4.78, 5) is 14.6. The smallest absolute Gasteiger partial charge is 0.416 e. The van der Waals surface area contributed by atoms with Crippen molar-refractivity contribution in [1.29, 1.82) is 0 Å². The molecule has 2 aliphatic rings. The van der Waals surface area contributed by atoms with Crippen LogP contribution in [0.1, 0.15) is 22.9 Å². The normalized spacial score (nSPS) is 21.3. The summed E-state index contributed by atoms with van der Waals surface area (Å²) >= 11 is 0. The number of rotatable bonds is 4. The number of hydrogen-bond donors (Lipinski definition) is 2. The number of nitrogens with zero attached hydrogens (tertiary/aromatic N) is 2. The second kappa shape index (κ2) is 8.34. The standard InChI is InChI=1S/C24H27N3O4/c1-30-15-17-14-20-19-4-2-3-5-21(19)27(24(28)29)23(20)22(25-17)16-6-8-18(9-7-16)26-10-12-31-13-11-26/h2-9,17,22,25H,10-15H2,1H3,(H,28,29)/t17-,22?/m1/s1. The SMILES string of the molecule is COC[C@H]1Cc2c(n(C(=O)O)c3ccccc23)C(c2ccc(N3CCOCC3)cc2)N1. The van der Waals surface area contributed by atoms with Crippen molar-refractivity contribution < 1.29 is 19.4 Å². The summed E-state index contributed by atoms with van der Waals surface area (Å²) in [5.41, 5.74) is 4.83. The molecular weight excluding hydrogens is 394 g/mol. The molecule has 7 nitrogen and oxygen atoms in total. The molecule has 1 unspecified atom stereocenters. The first-order valence-corrected chi connectivity index (χ1v) is 10.7. The van der Waals surface area contributed by atoms with E-state index in [0.717, 1.165) is 66.1 Å². The van der Waals surface area contributed by atoms with Crippen molar-refractivity contribution in [3.05, 3.63) is 65.4 Å². The van der Waals surface area contributed by atoms with Crippen LogP contribution >= 0.6 is 0 Å². The first-order chi connectivity index (χ1) is 15.2. The van der Waals surface area contributed by atoms with Gasteiger partial charge in [-0.3, -0.25) is 5.32 Å². The number of benzene rings is 2. The summed E-state index contributed by atoms with van der Waals surface area (Å²) in [6, 6.07) is 16.1. The number of methoxy groups -OCH3 is 1. The minimum Gasteiger partial charge on any atom is -0.464 e. The predicted octanol–water partition coefficient (Wildman–Crippen LogP) is 3.25. The Labute approximate surface area is 181 Å². The number of ether oxygens (including phenoxy) is 2. The van der Waals surface area contributed by atoms with Crippen molar-refractivity contribution in [2.45, 2.75) is 18.5 Å². The summed E-state index contributed by atoms with van der Waals surface area (Å²) in [7, 11) is 1.70. The largest absolute Gasteiger partial charge is 0.464 e. The zero-order chi connectivity index (χ0) is 21.4. The zero-order valence-electron chi connectivity index (χ0n) is 17.6. The van der Waals surface area contributed by atoms with Gasteiger partial charge in [0.1, 0.15) is 0 Å². The van der Waals surface area contributed by atoms with Crippen LogP contribution in [0.15, 0.2) is 48.5 Å².